The number of carboxylic acid groups (broad SMARTS) is 2. The summed E-state index contributed by atoms with van der Waals surface area (Å²) < 4.78 is 15.2. The van der Waals surface area contributed by atoms with E-state index in [-0.39, 0.29) is 45.0 Å². The van der Waals surface area contributed by atoms with Gasteiger partial charge in [0.1, 0.15) is 6.61 Å². The topological polar surface area (TPSA) is 166 Å². The van der Waals surface area contributed by atoms with Gasteiger partial charge in [0.25, 0.3) is 0 Å². The summed E-state index contributed by atoms with van der Waals surface area (Å²) in [4.78, 5) is 53.8. The molecule has 0 atom stereocenters. The Morgan fingerprint density at radius 3 is 2.00 bits per heavy atom. The molecule has 0 radical (unpaired) electrons. The minimum absolute atomic E-state index is 0.0114. The van der Waals surface area contributed by atoms with Crippen LogP contribution in [0.1, 0.15) is 32.1 Å². The fourth-order valence-corrected chi connectivity index (χ4v) is 1.64. The molecule has 0 aromatic heterocycles. The summed E-state index contributed by atoms with van der Waals surface area (Å²) in [5, 5.41) is 19.4. The predicted molar refractivity (Wildman–Crippen MR) is 89.0 cm³/mol. The lowest BCUT2D eigenvalue weighted by molar-refractivity contribution is -0.151. The highest BCUT2D eigenvalue weighted by molar-refractivity contribution is 6.32. The molecule has 0 fully saturated rings. The van der Waals surface area contributed by atoms with Gasteiger partial charge in [-0.3, -0.25) is 19.2 Å². The molecule has 0 saturated carbocycles. The van der Waals surface area contributed by atoms with Crippen molar-refractivity contribution in [1.82, 2.24) is 5.32 Å². The predicted octanol–water partition coefficient (Wildman–Crippen LogP) is -0.632. The molecule has 154 valence electrons. The van der Waals surface area contributed by atoms with E-state index in [2.05, 4.69) is 5.32 Å². The maximum atomic E-state index is 11.2. The number of Topliss-reactive ketones (excluding diaryl/α,β-unsaturated/α-hetero) is 1. The first-order valence-corrected chi connectivity index (χ1v) is 8.38. The molecule has 0 aromatic rings. The average Bonchev–Trinajstić information content (AvgIpc) is 2.62. The number of carbonyl (C=O) groups excluding carboxylic acids is 3. The van der Waals surface area contributed by atoms with E-state index < -0.39 is 30.1 Å². The number of hydrogen-bond acceptors (Lipinski definition) is 8. The van der Waals surface area contributed by atoms with Crippen molar-refractivity contribution in [2.24, 2.45) is 0 Å². The second kappa shape index (κ2) is 15.7. The van der Waals surface area contributed by atoms with E-state index in [1.807, 2.05) is 0 Å². The van der Waals surface area contributed by atoms with Gasteiger partial charge in [0.2, 0.25) is 11.7 Å². The van der Waals surface area contributed by atoms with Gasteiger partial charge in [-0.25, -0.2) is 4.79 Å². The lowest BCUT2D eigenvalue weighted by atomic mass is 10.2. The number of esters is 1. The highest BCUT2D eigenvalue weighted by Crippen LogP contribution is 1.95. The minimum Gasteiger partial charge on any atom is -0.481 e. The number of carbonyl (C=O) groups is 5. The van der Waals surface area contributed by atoms with Crippen molar-refractivity contribution in [2.45, 2.75) is 32.1 Å². The molecule has 0 unspecified atom stereocenters. The Bertz CT molecular complexity index is 505. The molecule has 11 heteroatoms. The zero-order valence-corrected chi connectivity index (χ0v) is 14.9. The van der Waals surface area contributed by atoms with Crippen LogP contribution in [0.4, 0.5) is 0 Å². The monoisotopic (exact) mass is 391 g/mol. The van der Waals surface area contributed by atoms with Crippen LogP contribution in [-0.2, 0) is 38.2 Å². The second-order valence-corrected chi connectivity index (χ2v) is 5.27. The molecule has 0 spiro atoms. The maximum absolute atomic E-state index is 11.2. The molecule has 3 N–H and O–H groups in total. The molecule has 0 aromatic carbocycles. The number of nitrogens with one attached hydrogen (secondary N) is 1. The van der Waals surface area contributed by atoms with Crippen molar-refractivity contribution in [1.29, 1.82) is 0 Å². The van der Waals surface area contributed by atoms with Crippen LogP contribution in [0.15, 0.2) is 0 Å². The first-order chi connectivity index (χ1) is 12.8. The van der Waals surface area contributed by atoms with E-state index in [0.717, 1.165) is 0 Å². The number of rotatable bonds is 17. The van der Waals surface area contributed by atoms with Crippen LogP contribution < -0.4 is 5.32 Å². The Morgan fingerprint density at radius 1 is 0.741 bits per heavy atom. The van der Waals surface area contributed by atoms with Crippen LogP contribution in [0.25, 0.3) is 0 Å². The molecule has 0 rings (SSSR count). The molecule has 0 heterocycles. The first kappa shape index (κ1) is 24.5. The fraction of sp³-hybridized carbons (Fsp3) is 0.688. The van der Waals surface area contributed by atoms with Gasteiger partial charge in [0, 0.05) is 26.0 Å². The Labute approximate surface area is 155 Å². The zero-order chi connectivity index (χ0) is 20.5. The summed E-state index contributed by atoms with van der Waals surface area (Å²) in [6.45, 7) is 1.51. The summed E-state index contributed by atoms with van der Waals surface area (Å²) >= 11 is 0. The molecule has 0 aliphatic heterocycles. The Balaban J connectivity index is 3.34. The van der Waals surface area contributed by atoms with Gasteiger partial charge in [-0.1, -0.05) is 0 Å². The lowest BCUT2D eigenvalue weighted by Gasteiger charge is -2.07. The fourth-order valence-electron chi connectivity index (χ4n) is 1.64. The van der Waals surface area contributed by atoms with Gasteiger partial charge >= 0.3 is 17.9 Å². The van der Waals surface area contributed by atoms with Crippen LogP contribution in [0.5, 0.6) is 0 Å². The lowest BCUT2D eigenvalue weighted by Crippen LogP contribution is -2.25. The first-order valence-electron chi connectivity index (χ1n) is 8.38. The SMILES string of the molecule is O=C(O)CCC(=O)NCCCOCCOCCOC(=O)CCC(=O)C(=O)O. The van der Waals surface area contributed by atoms with Gasteiger partial charge in [-0.2, -0.15) is 0 Å². The molecule has 0 saturated heterocycles. The standard InChI is InChI=1S/C16H25NO10/c18-12(16(23)24)2-5-15(22)27-11-10-26-9-8-25-7-1-6-17-13(19)3-4-14(20)21/h1-11H2,(H,17,19)(H,20,21)(H,23,24). The largest absolute Gasteiger partial charge is 0.481 e. The van der Waals surface area contributed by atoms with Gasteiger partial charge in [0.05, 0.1) is 32.7 Å². The summed E-state index contributed by atoms with van der Waals surface area (Å²) in [7, 11) is 0. The van der Waals surface area contributed by atoms with E-state index in [0.29, 0.717) is 26.2 Å². The molecule has 0 aliphatic carbocycles. The molecular weight excluding hydrogens is 366 g/mol. The third-order valence-electron chi connectivity index (χ3n) is 3.01. The van der Waals surface area contributed by atoms with E-state index in [1.54, 1.807) is 0 Å². The summed E-state index contributed by atoms with van der Waals surface area (Å²) in [5.74, 6) is -4.62. The number of aliphatic carboxylic acids is 2. The van der Waals surface area contributed by atoms with Gasteiger partial charge in [-0.15, -0.1) is 0 Å². The quantitative estimate of drug-likeness (QED) is 0.165. The zero-order valence-electron chi connectivity index (χ0n) is 14.9. The van der Waals surface area contributed by atoms with E-state index in [4.69, 9.17) is 24.4 Å². The number of amides is 1. The number of hydrogen-bond donors (Lipinski definition) is 3. The van der Waals surface area contributed by atoms with Crippen molar-refractivity contribution in [2.75, 3.05) is 39.6 Å². The van der Waals surface area contributed by atoms with Gasteiger partial charge in [-0.05, 0) is 6.42 Å². The number of ether oxygens (including phenoxy) is 3. The Hall–Kier alpha value is -2.53. The van der Waals surface area contributed by atoms with Crippen molar-refractivity contribution in [3.8, 4) is 0 Å². The normalized spacial score (nSPS) is 10.2. The number of ketones is 1. The smallest absolute Gasteiger partial charge is 0.372 e. The van der Waals surface area contributed by atoms with Gasteiger partial charge < -0.3 is 29.7 Å². The Kier molecular flexibility index (Phi) is 14.2. The minimum atomic E-state index is -1.58. The molecule has 0 bridgehead atoms. The third kappa shape index (κ3) is 16.7. The van der Waals surface area contributed by atoms with Gasteiger partial charge in [0.15, 0.2) is 0 Å². The van der Waals surface area contributed by atoms with E-state index in [1.165, 1.54) is 0 Å². The van der Waals surface area contributed by atoms with E-state index in [9.17, 15) is 24.0 Å². The van der Waals surface area contributed by atoms with Crippen LogP contribution in [-0.4, -0.2) is 79.4 Å². The van der Waals surface area contributed by atoms with Crippen LogP contribution in [0.3, 0.4) is 0 Å². The molecule has 1 amide bonds. The van der Waals surface area contributed by atoms with Crippen molar-refractivity contribution >= 4 is 29.6 Å². The highest BCUT2D eigenvalue weighted by atomic mass is 16.6. The molecule has 0 aliphatic rings. The summed E-state index contributed by atoms with van der Waals surface area (Å²) in [5.41, 5.74) is 0. The summed E-state index contributed by atoms with van der Waals surface area (Å²) in [6.07, 6.45) is -0.366. The average molecular weight is 391 g/mol. The summed E-state index contributed by atoms with van der Waals surface area (Å²) in [6, 6.07) is 0. The number of carboxylic acids is 2. The van der Waals surface area contributed by atoms with Crippen molar-refractivity contribution < 1.29 is 48.4 Å². The van der Waals surface area contributed by atoms with Crippen LogP contribution in [0, 0.1) is 0 Å². The second-order valence-electron chi connectivity index (χ2n) is 5.27. The third-order valence-corrected chi connectivity index (χ3v) is 3.01. The molecule has 11 nitrogen and oxygen atoms in total. The van der Waals surface area contributed by atoms with Crippen molar-refractivity contribution in [3.05, 3.63) is 0 Å². The Morgan fingerprint density at radius 2 is 1.37 bits per heavy atom. The van der Waals surface area contributed by atoms with Crippen LogP contribution >= 0.6 is 0 Å². The van der Waals surface area contributed by atoms with Crippen molar-refractivity contribution in [3.63, 3.8) is 0 Å². The van der Waals surface area contributed by atoms with Crippen LogP contribution in [0.2, 0.25) is 0 Å². The maximum Gasteiger partial charge on any atom is 0.372 e. The molecular formula is C16H25NO10. The molecule has 27 heavy (non-hydrogen) atoms. The van der Waals surface area contributed by atoms with E-state index >= 15 is 0 Å². The highest BCUT2D eigenvalue weighted by Gasteiger charge is 2.14.